The van der Waals surface area contributed by atoms with Crippen molar-refractivity contribution in [1.29, 1.82) is 0 Å². The molecule has 4 rings (SSSR count). The molecule has 3 aromatic carbocycles. The molecular formula is C22H18O3. The van der Waals surface area contributed by atoms with Gasteiger partial charge in [-0.05, 0) is 23.3 Å². The van der Waals surface area contributed by atoms with Crippen LogP contribution in [0.4, 0.5) is 0 Å². The van der Waals surface area contributed by atoms with Crippen LogP contribution in [-0.2, 0) is 15.9 Å². The van der Waals surface area contributed by atoms with E-state index in [1.807, 2.05) is 78.9 Å². The number of rotatable bonds is 5. The first-order valence-corrected chi connectivity index (χ1v) is 8.32. The van der Waals surface area contributed by atoms with Gasteiger partial charge in [0.1, 0.15) is 0 Å². The van der Waals surface area contributed by atoms with Gasteiger partial charge in [0, 0.05) is 6.42 Å². The van der Waals surface area contributed by atoms with Gasteiger partial charge in [-0.2, -0.15) is 0 Å². The minimum atomic E-state index is -0.949. The molecule has 1 aliphatic heterocycles. The maximum atomic E-state index is 12.6. The third-order valence-corrected chi connectivity index (χ3v) is 4.33. The van der Waals surface area contributed by atoms with Gasteiger partial charge in [-0.25, -0.2) is 4.79 Å². The second-order valence-corrected chi connectivity index (χ2v) is 6.14. The van der Waals surface area contributed by atoms with E-state index in [-0.39, 0.29) is 12.1 Å². The summed E-state index contributed by atoms with van der Waals surface area (Å²) < 4.78 is 11.8. The van der Waals surface area contributed by atoms with Crippen LogP contribution in [0, 0.1) is 0 Å². The zero-order chi connectivity index (χ0) is 17.1. The number of hydrogen-bond acceptors (Lipinski definition) is 3. The SMILES string of the molecule is O=C(O[C@]1(Cc2ccccc2)O[C@@H]1c1ccccc1)c1ccccc1. The van der Waals surface area contributed by atoms with Crippen LogP contribution in [0.25, 0.3) is 0 Å². The maximum Gasteiger partial charge on any atom is 0.340 e. The van der Waals surface area contributed by atoms with Crippen LogP contribution in [0.5, 0.6) is 0 Å². The normalized spacial score (nSPS) is 21.5. The molecule has 0 spiro atoms. The van der Waals surface area contributed by atoms with Crippen LogP contribution in [-0.4, -0.2) is 11.8 Å². The molecule has 3 aromatic rings. The second-order valence-electron chi connectivity index (χ2n) is 6.14. The smallest absolute Gasteiger partial charge is 0.340 e. The van der Waals surface area contributed by atoms with Crippen LogP contribution >= 0.6 is 0 Å². The average Bonchev–Trinajstić information content (AvgIpc) is 3.37. The summed E-state index contributed by atoms with van der Waals surface area (Å²) in [6.45, 7) is 0. The van der Waals surface area contributed by atoms with E-state index in [1.165, 1.54) is 0 Å². The molecule has 0 unspecified atom stereocenters. The lowest BCUT2D eigenvalue weighted by molar-refractivity contribution is -0.0179. The Labute approximate surface area is 146 Å². The molecule has 1 saturated heterocycles. The highest BCUT2D eigenvalue weighted by Gasteiger charge is 2.61. The summed E-state index contributed by atoms with van der Waals surface area (Å²) in [5, 5.41) is 0. The van der Waals surface area contributed by atoms with Gasteiger partial charge < -0.3 is 9.47 Å². The highest BCUT2D eigenvalue weighted by Crippen LogP contribution is 2.52. The number of esters is 1. The summed E-state index contributed by atoms with van der Waals surface area (Å²) >= 11 is 0. The monoisotopic (exact) mass is 330 g/mol. The first kappa shape index (κ1) is 15.6. The van der Waals surface area contributed by atoms with Gasteiger partial charge in [-0.3, -0.25) is 0 Å². The van der Waals surface area contributed by atoms with E-state index in [4.69, 9.17) is 9.47 Å². The predicted octanol–water partition coefficient (Wildman–Crippen LogP) is 4.55. The van der Waals surface area contributed by atoms with Gasteiger partial charge in [-0.15, -0.1) is 0 Å². The third kappa shape index (κ3) is 3.32. The molecule has 0 saturated carbocycles. The Morgan fingerprint density at radius 3 is 2.04 bits per heavy atom. The molecule has 124 valence electrons. The standard InChI is InChI=1S/C22H18O3/c23-21(19-14-8-3-9-15-19)25-22(16-17-10-4-1-5-11-17)20(24-22)18-12-6-2-7-13-18/h1-15,20H,16H2/t20-,22+/m1/s1. The first-order valence-electron chi connectivity index (χ1n) is 8.32. The molecule has 1 fully saturated rings. The lowest BCUT2D eigenvalue weighted by atomic mass is 10.0. The molecule has 2 atom stereocenters. The van der Waals surface area contributed by atoms with E-state index in [9.17, 15) is 4.79 Å². The van der Waals surface area contributed by atoms with Crippen LogP contribution in [0.15, 0.2) is 91.0 Å². The Balaban J connectivity index is 1.60. The molecule has 0 radical (unpaired) electrons. The van der Waals surface area contributed by atoms with Gasteiger partial charge in [0.2, 0.25) is 5.79 Å². The Kier molecular flexibility index (Phi) is 4.08. The predicted molar refractivity (Wildman–Crippen MR) is 95.0 cm³/mol. The number of carbonyl (C=O) groups excluding carboxylic acids is 1. The van der Waals surface area contributed by atoms with E-state index >= 15 is 0 Å². The third-order valence-electron chi connectivity index (χ3n) is 4.33. The number of carbonyl (C=O) groups is 1. The van der Waals surface area contributed by atoms with Gasteiger partial charge in [0.05, 0.1) is 5.56 Å². The lowest BCUT2D eigenvalue weighted by Crippen LogP contribution is -2.25. The number of epoxide rings is 1. The van der Waals surface area contributed by atoms with Gasteiger partial charge in [0.25, 0.3) is 0 Å². The van der Waals surface area contributed by atoms with Crippen molar-refractivity contribution in [2.75, 3.05) is 0 Å². The summed E-state index contributed by atoms with van der Waals surface area (Å²) in [7, 11) is 0. The summed E-state index contributed by atoms with van der Waals surface area (Å²) in [6, 6.07) is 28.8. The zero-order valence-electron chi connectivity index (χ0n) is 13.7. The number of ether oxygens (including phenoxy) is 2. The summed E-state index contributed by atoms with van der Waals surface area (Å²) in [4.78, 5) is 12.6. The highest BCUT2D eigenvalue weighted by molar-refractivity contribution is 5.89. The first-order chi connectivity index (χ1) is 12.3. The quantitative estimate of drug-likeness (QED) is 0.509. The van der Waals surface area contributed by atoms with Crippen molar-refractivity contribution in [3.05, 3.63) is 108 Å². The minimum Gasteiger partial charge on any atom is -0.426 e. The fourth-order valence-electron chi connectivity index (χ4n) is 3.03. The van der Waals surface area contributed by atoms with Gasteiger partial charge >= 0.3 is 5.97 Å². The van der Waals surface area contributed by atoms with E-state index < -0.39 is 5.79 Å². The summed E-state index contributed by atoms with van der Waals surface area (Å²) in [5.74, 6) is -1.31. The maximum absolute atomic E-state index is 12.6. The molecule has 3 nitrogen and oxygen atoms in total. The average molecular weight is 330 g/mol. The van der Waals surface area contributed by atoms with Crippen LogP contribution in [0.2, 0.25) is 0 Å². The van der Waals surface area contributed by atoms with Crippen molar-refractivity contribution in [3.8, 4) is 0 Å². The van der Waals surface area contributed by atoms with E-state index in [1.54, 1.807) is 12.1 Å². The molecular weight excluding hydrogens is 312 g/mol. The van der Waals surface area contributed by atoms with Gasteiger partial charge in [-0.1, -0.05) is 78.9 Å². The zero-order valence-corrected chi connectivity index (χ0v) is 13.7. The van der Waals surface area contributed by atoms with Crippen molar-refractivity contribution in [1.82, 2.24) is 0 Å². The molecule has 0 aromatic heterocycles. The van der Waals surface area contributed by atoms with E-state index in [0.717, 1.165) is 11.1 Å². The Bertz CT molecular complexity index is 846. The Hall–Kier alpha value is -2.91. The van der Waals surface area contributed by atoms with E-state index in [2.05, 4.69) is 0 Å². The van der Waals surface area contributed by atoms with Crippen LogP contribution < -0.4 is 0 Å². The van der Waals surface area contributed by atoms with Crippen molar-refractivity contribution in [2.24, 2.45) is 0 Å². The van der Waals surface area contributed by atoms with Crippen molar-refractivity contribution in [2.45, 2.75) is 18.3 Å². The number of benzene rings is 3. The molecule has 1 heterocycles. The van der Waals surface area contributed by atoms with Crippen LogP contribution in [0.1, 0.15) is 27.6 Å². The largest absolute Gasteiger partial charge is 0.426 e. The molecule has 3 heteroatoms. The van der Waals surface area contributed by atoms with Crippen molar-refractivity contribution in [3.63, 3.8) is 0 Å². The van der Waals surface area contributed by atoms with E-state index in [0.29, 0.717) is 12.0 Å². The second kappa shape index (κ2) is 6.54. The summed E-state index contributed by atoms with van der Waals surface area (Å²) in [6.07, 6.45) is 0.271. The van der Waals surface area contributed by atoms with Crippen LogP contribution in [0.3, 0.4) is 0 Å². The van der Waals surface area contributed by atoms with Crippen molar-refractivity contribution < 1.29 is 14.3 Å². The molecule has 1 aliphatic rings. The highest BCUT2D eigenvalue weighted by atomic mass is 16.8. The summed E-state index contributed by atoms with van der Waals surface area (Å²) in [5.41, 5.74) is 2.61. The topological polar surface area (TPSA) is 38.8 Å². The molecule has 0 N–H and O–H groups in total. The minimum absolute atomic E-state index is 0.249. The Morgan fingerprint density at radius 2 is 1.40 bits per heavy atom. The molecule has 25 heavy (non-hydrogen) atoms. The Morgan fingerprint density at radius 1 is 0.840 bits per heavy atom. The van der Waals surface area contributed by atoms with Crippen molar-refractivity contribution >= 4 is 5.97 Å². The fourth-order valence-corrected chi connectivity index (χ4v) is 3.03. The van der Waals surface area contributed by atoms with Gasteiger partial charge in [0.15, 0.2) is 6.10 Å². The molecule has 0 amide bonds. The molecule has 0 aliphatic carbocycles. The fraction of sp³-hybridized carbons (Fsp3) is 0.136. The number of hydrogen-bond donors (Lipinski definition) is 0. The lowest BCUT2D eigenvalue weighted by Gasteiger charge is -2.15. The molecule has 0 bridgehead atoms.